The van der Waals surface area contributed by atoms with Crippen molar-refractivity contribution in [2.24, 2.45) is 5.73 Å². The molecule has 2 N–H and O–H groups in total. The predicted molar refractivity (Wildman–Crippen MR) is 78.7 cm³/mol. The lowest BCUT2D eigenvalue weighted by Crippen LogP contribution is -2.48. The van der Waals surface area contributed by atoms with Crippen LogP contribution in [0.4, 0.5) is 5.82 Å². The summed E-state index contributed by atoms with van der Waals surface area (Å²) in [6.45, 7) is 2.83. The van der Waals surface area contributed by atoms with Gasteiger partial charge in [0.15, 0.2) is 11.6 Å². The lowest BCUT2D eigenvalue weighted by atomic mass is 9.90. The van der Waals surface area contributed by atoms with Crippen molar-refractivity contribution >= 4 is 5.82 Å². The molecule has 2 rings (SSSR count). The third kappa shape index (κ3) is 3.38. The fourth-order valence-electron chi connectivity index (χ4n) is 2.75. The van der Waals surface area contributed by atoms with Gasteiger partial charge in [-0.25, -0.2) is 4.98 Å². The Hall–Kier alpha value is -1.29. The Labute approximate surface area is 116 Å². The van der Waals surface area contributed by atoms with Gasteiger partial charge in [0.25, 0.3) is 0 Å². The minimum absolute atomic E-state index is 0.236. The standard InChI is InChI=1S/C15H25N3O/c1-3-11-19-14-9-6-10-17-15(14)18(2)13-8-5-4-7-12(13)16/h6,9-10,12-13H,3-5,7-8,11,16H2,1-2H3. The highest BCUT2D eigenvalue weighted by molar-refractivity contribution is 5.52. The van der Waals surface area contributed by atoms with Crippen LogP contribution >= 0.6 is 0 Å². The van der Waals surface area contributed by atoms with E-state index in [9.17, 15) is 0 Å². The molecule has 1 aromatic heterocycles. The van der Waals surface area contributed by atoms with Gasteiger partial charge >= 0.3 is 0 Å². The molecule has 0 radical (unpaired) electrons. The number of aromatic nitrogens is 1. The van der Waals surface area contributed by atoms with Crippen LogP contribution in [0, 0.1) is 0 Å². The van der Waals surface area contributed by atoms with E-state index in [0.29, 0.717) is 6.04 Å². The predicted octanol–water partition coefficient (Wildman–Crippen LogP) is 2.58. The van der Waals surface area contributed by atoms with Crippen LogP contribution < -0.4 is 15.4 Å². The first-order valence-corrected chi connectivity index (χ1v) is 7.30. The molecule has 0 aromatic carbocycles. The molecule has 1 aliphatic carbocycles. The first kappa shape index (κ1) is 14.1. The number of likely N-dealkylation sites (N-methyl/N-ethyl adjacent to an activating group) is 1. The topological polar surface area (TPSA) is 51.4 Å². The van der Waals surface area contributed by atoms with Crippen LogP contribution in [-0.2, 0) is 0 Å². The van der Waals surface area contributed by atoms with Gasteiger partial charge in [0.1, 0.15) is 0 Å². The Balaban J connectivity index is 2.15. The van der Waals surface area contributed by atoms with Crippen LogP contribution in [0.25, 0.3) is 0 Å². The highest BCUT2D eigenvalue weighted by atomic mass is 16.5. The van der Waals surface area contributed by atoms with E-state index in [1.54, 1.807) is 0 Å². The van der Waals surface area contributed by atoms with Crippen molar-refractivity contribution in [1.82, 2.24) is 4.98 Å². The summed E-state index contributed by atoms with van der Waals surface area (Å²) in [5, 5.41) is 0. The molecule has 1 aliphatic rings. The molecular weight excluding hydrogens is 238 g/mol. The van der Waals surface area contributed by atoms with Crippen LogP contribution in [-0.4, -0.2) is 30.7 Å². The summed E-state index contributed by atoms with van der Waals surface area (Å²) in [6.07, 6.45) is 7.56. The number of ether oxygens (including phenoxy) is 1. The summed E-state index contributed by atoms with van der Waals surface area (Å²) in [4.78, 5) is 6.69. The third-order valence-corrected chi connectivity index (χ3v) is 3.83. The van der Waals surface area contributed by atoms with Crippen LogP contribution in [0.1, 0.15) is 39.0 Å². The average Bonchev–Trinajstić information content (AvgIpc) is 2.45. The summed E-state index contributed by atoms with van der Waals surface area (Å²) in [5.41, 5.74) is 6.26. The van der Waals surface area contributed by atoms with Gasteiger partial charge in [-0.3, -0.25) is 0 Å². The molecule has 1 heterocycles. The normalized spacial score (nSPS) is 23.1. The highest BCUT2D eigenvalue weighted by Crippen LogP contribution is 2.30. The first-order chi connectivity index (χ1) is 9.24. The van der Waals surface area contributed by atoms with Gasteiger partial charge in [0.05, 0.1) is 6.61 Å². The quantitative estimate of drug-likeness (QED) is 0.887. The minimum atomic E-state index is 0.236. The van der Waals surface area contributed by atoms with Crippen LogP contribution in [0.2, 0.25) is 0 Å². The highest BCUT2D eigenvalue weighted by Gasteiger charge is 2.27. The van der Waals surface area contributed by atoms with Crippen molar-refractivity contribution in [1.29, 1.82) is 0 Å². The van der Waals surface area contributed by atoms with E-state index in [-0.39, 0.29) is 6.04 Å². The second-order valence-electron chi connectivity index (χ2n) is 5.30. The summed E-state index contributed by atoms with van der Waals surface area (Å²) in [6, 6.07) is 4.51. The SMILES string of the molecule is CCCOc1cccnc1N(C)C1CCCCC1N. The van der Waals surface area contributed by atoms with E-state index in [1.807, 2.05) is 18.3 Å². The van der Waals surface area contributed by atoms with Gasteiger partial charge in [0, 0.05) is 25.3 Å². The summed E-state index contributed by atoms with van der Waals surface area (Å²) < 4.78 is 5.79. The van der Waals surface area contributed by atoms with Gasteiger partial charge in [-0.1, -0.05) is 19.8 Å². The van der Waals surface area contributed by atoms with E-state index in [0.717, 1.165) is 37.4 Å². The second kappa shape index (κ2) is 6.75. The molecule has 0 spiro atoms. The van der Waals surface area contributed by atoms with Crippen molar-refractivity contribution in [2.75, 3.05) is 18.6 Å². The Morgan fingerprint density at radius 3 is 2.95 bits per heavy atom. The zero-order valence-corrected chi connectivity index (χ0v) is 12.0. The Bertz CT molecular complexity index is 397. The van der Waals surface area contributed by atoms with E-state index >= 15 is 0 Å². The van der Waals surface area contributed by atoms with Gasteiger partial charge in [-0.05, 0) is 31.4 Å². The first-order valence-electron chi connectivity index (χ1n) is 7.30. The molecule has 0 amide bonds. The van der Waals surface area contributed by atoms with Crippen molar-refractivity contribution in [3.63, 3.8) is 0 Å². The molecule has 0 saturated heterocycles. The lowest BCUT2D eigenvalue weighted by molar-refractivity contribution is 0.313. The summed E-state index contributed by atoms with van der Waals surface area (Å²) in [7, 11) is 2.08. The van der Waals surface area contributed by atoms with Gasteiger partial charge in [-0.15, -0.1) is 0 Å². The molecule has 19 heavy (non-hydrogen) atoms. The molecule has 4 nitrogen and oxygen atoms in total. The minimum Gasteiger partial charge on any atom is -0.490 e. The maximum Gasteiger partial charge on any atom is 0.171 e. The van der Waals surface area contributed by atoms with Crippen molar-refractivity contribution < 1.29 is 4.74 Å². The third-order valence-electron chi connectivity index (χ3n) is 3.83. The molecule has 2 unspecified atom stereocenters. The summed E-state index contributed by atoms with van der Waals surface area (Å²) >= 11 is 0. The molecule has 1 saturated carbocycles. The zero-order valence-electron chi connectivity index (χ0n) is 12.0. The number of nitrogens with zero attached hydrogens (tertiary/aromatic N) is 2. The molecular formula is C15H25N3O. The maximum absolute atomic E-state index is 6.26. The molecule has 106 valence electrons. The molecule has 0 bridgehead atoms. The second-order valence-corrected chi connectivity index (χ2v) is 5.30. The van der Waals surface area contributed by atoms with Crippen molar-refractivity contribution in [2.45, 2.75) is 51.1 Å². The maximum atomic E-state index is 6.26. The number of hydrogen-bond acceptors (Lipinski definition) is 4. The average molecular weight is 263 g/mol. The number of rotatable bonds is 5. The zero-order chi connectivity index (χ0) is 13.7. The largest absolute Gasteiger partial charge is 0.490 e. The summed E-state index contributed by atoms with van der Waals surface area (Å²) in [5.74, 6) is 1.78. The van der Waals surface area contributed by atoms with Gasteiger partial charge in [0.2, 0.25) is 0 Å². The van der Waals surface area contributed by atoms with E-state index in [2.05, 4.69) is 23.9 Å². The molecule has 1 aromatic rings. The Morgan fingerprint density at radius 2 is 2.21 bits per heavy atom. The van der Waals surface area contributed by atoms with Crippen LogP contribution in [0.15, 0.2) is 18.3 Å². The van der Waals surface area contributed by atoms with E-state index in [1.165, 1.54) is 12.8 Å². The number of hydrogen-bond donors (Lipinski definition) is 1. The molecule has 0 aliphatic heterocycles. The monoisotopic (exact) mass is 263 g/mol. The molecule has 1 fully saturated rings. The molecule has 4 heteroatoms. The number of pyridine rings is 1. The lowest BCUT2D eigenvalue weighted by Gasteiger charge is -2.37. The van der Waals surface area contributed by atoms with Crippen molar-refractivity contribution in [3.05, 3.63) is 18.3 Å². The molecule has 2 atom stereocenters. The number of anilines is 1. The van der Waals surface area contributed by atoms with E-state index in [4.69, 9.17) is 10.5 Å². The van der Waals surface area contributed by atoms with E-state index < -0.39 is 0 Å². The fourth-order valence-corrected chi connectivity index (χ4v) is 2.75. The van der Waals surface area contributed by atoms with Crippen LogP contribution in [0.3, 0.4) is 0 Å². The Morgan fingerprint density at radius 1 is 1.42 bits per heavy atom. The fraction of sp³-hybridized carbons (Fsp3) is 0.667. The van der Waals surface area contributed by atoms with Crippen LogP contribution in [0.5, 0.6) is 5.75 Å². The number of nitrogens with two attached hydrogens (primary N) is 1. The van der Waals surface area contributed by atoms with Gasteiger partial charge in [-0.2, -0.15) is 0 Å². The Kier molecular flexibility index (Phi) is 5.02. The van der Waals surface area contributed by atoms with Crippen molar-refractivity contribution in [3.8, 4) is 5.75 Å². The smallest absolute Gasteiger partial charge is 0.171 e. The van der Waals surface area contributed by atoms with Gasteiger partial charge < -0.3 is 15.4 Å².